The van der Waals surface area contributed by atoms with Crippen molar-refractivity contribution in [1.82, 2.24) is 10.2 Å². The second-order valence-corrected chi connectivity index (χ2v) is 5.45. The Kier molecular flexibility index (Phi) is 3.69. The topological polar surface area (TPSA) is 49.4 Å². The third-order valence-electron chi connectivity index (χ3n) is 3.92. The molecule has 2 aliphatic rings. The molecule has 1 aliphatic heterocycles. The highest BCUT2D eigenvalue weighted by Crippen LogP contribution is 2.30. The summed E-state index contributed by atoms with van der Waals surface area (Å²) in [5.74, 6) is 0.815. The van der Waals surface area contributed by atoms with Crippen LogP contribution in [0.1, 0.15) is 46.0 Å². The van der Waals surface area contributed by atoms with E-state index in [2.05, 4.69) is 12.2 Å². The number of hydrogen-bond donors (Lipinski definition) is 1. The molecule has 4 nitrogen and oxygen atoms in total. The Morgan fingerprint density at radius 1 is 1.35 bits per heavy atom. The molecule has 1 heterocycles. The summed E-state index contributed by atoms with van der Waals surface area (Å²) in [6.07, 6.45) is 4.96. The van der Waals surface area contributed by atoms with Crippen molar-refractivity contribution in [3.8, 4) is 0 Å². The van der Waals surface area contributed by atoms with E-state index in [4.69, 9.17) is 0 Å². The van der Waals surface area contributed by atoms with Crippen molar-refractivity contribution in [2.24, 2.45) is 5.92 Å². The molecular weight excluding hydrogens is 216 g/mol. The predicted octanol–water partition coefficient (Wildman–Crippen LogP) is 1.30. The monoisotopic (exact) mass is 238 g/mol. The maximum absolute atomic E-state index is 12.3. The fourth-order valence-corrected chi connectivity index (χ4v) is 2.99. The van der Waals surface area contributed by atoms with E-state index in [0.717, 1.165) is 25.7 Å². The van der Waals surface area contributed by atoms with Crippen LogP contribution in [0.2, 0.25) is 0 Å². The van der Waals surface area contributed by atoms with Gasteiger partial charge in [-0.15, -0.1) is 0 Å². The highest BCUT2D eigenvalue weighted by atomic mass is 16.2. The molecule has 0 aromatic heterocycles. The summed E-state index contributed by atoms with van der Waals surface area (Å²) in [5, 5.41) is 2.80. The van der Waals surface area contributed by atoms with Gasteiger partial charge in [-0.2, -0.15) is 0 Å². The molecule has 0 bridgehead atoms. The average Bonchev–Trinajstić information content (AvgIpc) is 2.70. The van der Waals surface area contributed by atoms with Gasteiger partial charge in [0.15, 0.2) is 0 Å². The summed E-state index contributed by atoms with van der Waals surface area (Å²) in [6.45, 7) is 4.52. The molecule has 1 saturated heterocycles. The molecule has 3 unspecified atom stereocenters. The van der Waals surface area contributed by atoms with Crippen LogP contribution in [0, 0.1) is 5.92 Å². The molecule has 3 atom stereocenters. The minimum atomic E-state index is -0.280. The van der Waals surface area contributed by atoms with Crippen molar-refractivity contribution >= 4 is 11.8 Å². The van der Waals surface area contributed by atoms with Crippen LogP contribution in [-0.4, -0.2) is 35.3 Å². The molecule has 0 radical (unpaired) electrons. The Balaban J connectivity index is 2.05. The molecule has 1 aliphatic carbocycles. The Morgan fingerprint density at radius 3 is 2.71 bits per heavy atom. The molecule has 96 valence electrons. The maximum atomic E-state index is 12.3. The normalized spacial score (nSPS) is 34.0. The van der Waals surface area contributed by atoms with E-state index < -0.39 is 0 Å². The van der Waals surface area contributed by atoms with Crippen LogP contribution in [0.5, 0.6) is 0 Å². The fourth-order valence-electron chi connectivity index (χ4n) is 2.99. The van der Waals surface area contributed by atoms with E-state index in [1.807, 2.05) is 11.8 Å². The minimum absolute atomic E-state index is 0.00241. The second-order valence-electron chi connectivity index (χ2n) is 5.45. The number of amides is 2. The van der Waals surface area contributed by atoms with Crippen molar-refractivity contribution in [2.75, 3.05) is 6.54 Å². The summed E-state index contributed by atoms with van der Waals surface area (Å²) in [5.41, 5.74) is 0. The smallest absolute Gasteiger partial charge is 0.245 e. The van der Waals surface area contributed by atoms with Crippen LogP contribution in [0.4, 0.5) is 0 Å². The van der Waals surface area contributed by atoms with E-state index in [9.17, 15) is 9.59 Å². The van der Waals surface area contributed by atoms with Crippen LogP contribution in [0.3, 0.4) is 0 Å². The van der Waals surface area contributed by atoms with Gasteiger partial charge in [-0.3, -0.25) is 9.59 Å². The molecule has 1 saturated carbocycles. The second kappa shape index (κ2) is 5.07. The third-order valence-corrected chi connectivity index (χ3v) is 3.92. The average molecular weight is 238 g/mol. The van der Waals surface area contributed by atoms with E-state index in [1.54, 1.807) is 0 Å². The zero-order valence-corrected chi connectivity index (χ0v) is 10.7. The lowest BCUT2D eigenvalue weighted by atomic mass is 10.0. The molecule has 2 fully saturated rings. The lowest BCUT2D eigenvalue weighted by Crippen LogP contribution is -2.60. The molecular formula is C13H22N2O2. The number of carbonyl (C=O) groups is 2. The van der Waals surface area contributed by atoms with Crippen LogP contribution in [-0.2, 0) is 9.59 Å². The molecule has 2 rings (SSSR count). The zero-order chi connectivity index (χ0) is 12.4. The highest BCUT2D eigenvalue weighted by Gasteiger charge is 2.38. The van der Waals surface area contributed by atoms with Gasteiger partial charge in [0.1, 0.15) is 6.04 Å². The first kappa shape index (κ1) is 12.4. The van der Waals surface area contributed by atoms with Gasteiger partial charge in [-0.05, 0) is 31.6 Å². The number of hydrogen-bond acceptors (Lipinski definition) is 2. The van der Waals surface area contributed by atoms with Crippen molar-refractivity contribution in [3.05, 3.63) is 0 Å². The predicted molar refractivity (Wildman–Crippen MR) is 65.4 cm³/mol. The maximum Gasteiger partial charge on any atom is 0.245 e. The van der Waals surface area contributed by atoms with Crippen molar-refractivity contribution in [3.63, 3.8) is 0 Å². The molecule has 0 aromatic carbocycles. The van der Waals surface area contributed by atoms with Gasteiger partial charge in [0.05, 0.1) is 6.54 Å². The molecule has 4 heteroatoms. The molecule has 0 aromatic rings. The number of rotatable bonds is 3. The first-order valence-corrected chi connectivity index (χ1v) is 6.71. The van der Waals surface area contributed by atoms with E-state index >= 15 is 0 Å². The third kappa shape index (κ3) is 2.61. The summed E-state index contributed by atoms with van der Waals surface area (Å²) in [7, 11) is 0. The standard InChI is InChI=1S/C13H22N2O2/c1-3-4-11-13(17)15(8-12(16)14-11)10-6-5-9(2)7-10/h9-11H,3-8H2,1-2H3,(H,14,16). The quantitative estimate of drug-likeness (QED) is 0.805. The number of piperazine rings is 1. The summed E-state index contributed by atoms with van der Waals surface area (Å²) in [6, 6.07) is 0.0139. The summed E-state index contributed by atoms with van der Waals surface area (Å²) in [4.78, 5) is 25.7. The SMILES string of the molecule is CCCC1NC(=O)CN(C2CCC(C)C2)C1=O. The van der Waals surface area contributed by atoms with E-state index in [1.165, 1.54) is 6.42 Å². The zero-order valence-electron chi connectivity index (χ0n) is 10.7. The summed E-state index contributed by atoms with van der Waals surface area (Å²) < 4.78 is 0. The first-order valence-electron chi connectivity index (χ1n) is 6.71. The van der Waals surface area contributed by atoms with Gasteiger partial charge < -0.3 is 10.2 Å². The molecule has 2 amide bonds. The van der Waals surface area contributed by atoms with Gasteiger partial charge in [-0.1, -0.05) is 20.3 Å². The molecule has 1 N–H and O–H groups in total. The van der Waals surface area contributed by atoms with Gasteiger partial charge in [-0.25, -0.2) is 0 Å². The van der Waals surface area contributed by atoms with Crippen LogP contribution in [0.25, 0.3) is 0 Å². The van der Waals surface area contributed by atoms with Crippen molar-refractivity contribution < 1.29 is 9.59 Å². The number of nitrogens with zero attached hydrogens (tertiary/aromatic N) is 1. The lowest BCUT2D eigenvalue weighted by Gasteiger charge is -2.36. The van der Waals surface area contributed by atoms with E-state index in [-0.39, 0.29) is 24.4 Å². The first-order chi connectivity index (χ1) is 8.11. The van der Waals surface area contributed by atoms with Gasteiger partial charge in [0.25, 0.3) is 0 Å². The number of nitrogens with one attached hydrogen (secondary N) is 1. The fraction of sp³-hybridized carbons (Fsp3) is 0.846. The summed E-state index contributed by atoms with van der Waals surface area (Å²) >= 11 is 0. The Bertz CT molecular complexity index is 317. The lowest BCUT2D eigenvalue weighted by molar-refractivity contribution is -0.146. The van der Waals surface area contributed by atoms with Gasteiger partial charge in [0.2, 0.25) is 11.8 Å². The van der Waals surface area contributed by atoms with Gasteiger partial charge >= 0.3 is 0 Å². The van der Waals surface area contributed by atoms with Crippen LogP contribution < -0.4 is 5.32 Å². The van der Waals surface area contributed by atoms with Crippen LogP contribution >= 0.6 is 0 Å². The van der Waals surface area contributed by atoms with Crippen LogP contribution in [0.15, 0.2) is 0 Å². The Hall–Kier alpha value is -1.06. The minimum Gasteiger partial charge on any atom is -0.343 e. The van der Waals surface area contributed by atoms with Crippen molar-refractivity contribution in [2.45, 2.75) is 58.0 Å². The molecule has 0 spiro atoms. The Morgan fingerprint density at radius 2 is 2.12 bits per heavy atom. The van der Waals surface area contributed by atoms with E-state index in [0.29, 0.717) is 12.0 Å². The molecule has 17 heavy (non-hydrogen) atoms. The van der Waals surface area contributed by atoms with Gasteiger partial charge in [0, 0.05) is 6.04 Å². The largest absolute Gasteiger partial charge is 0.343 e. The van der Waals surface area contributed by atoms with Crippen molar-refractivity contribution in [1.29, 1.82) is 0 Å². The number of carbonyl (C=O) groups excluding carboxylic acids is 2. The highest BCUT2D eigenvalue weighted by molar-refractivity contribution is 5.95. The Labute approximate surface area is 103 Å².